The third kappa shape index (κ3) is 6.19. The molecule has 1 aromatic heterocycles. The number of H-pyrrole nitrogens is 1. The monoisotopic (exact) mass is 501 g/mol. The SMILES string of the molecule is COC(=O)[C@H](C)NP(=O)(OC[C@H]1O[C@@H](n2cc(C)c(=O)[nH]c2=O)CC1O)Oc1ccc(F)cc1. The summed E-state index contributed by atoms with van der Waals surface area (Å²) in [6.07, 6.45) is -1.74. The lowest BCUT2D eigenvalue weighted by Gasteiger charge is -2.24. The van der Waals surface area contributed by atoms with Crippen molar-refractivity contribution in [2.45, 2.75) is 44.7 Å². The molecular formula is C20H25FN3O9P. The van der Waals surface area contributed by atoms with Crippen LogP contribution in [-0.4, -0.2) is 52.6 Å². The zero-order valence-corrected chi connectivity index (χ0v) is 19.5. The topological polar surface area (TPSA) is 158 Å². The summed E-state index contributed by atoms with van der Waals surface area (Å²) in [6.45, 7) is 2.43. The van der Waals surface area contributed by atoms with E-state index in [4.69, 9.17) is 13.8 Å². The van der Waals surface area contributed by atoms with Gasteiger partial charge in [0, 0.05) is 18.2 Å². The van der Waals surface area contributed by atoms with Crippen molar-refractivity contribution in [2.75, 3.05) is 13.7 Å². The van der Waals surface area contributed by atoms with E-state index in [0.717, 1.165) is 23.8 Å². The summed E-state index contributed by atoms with van der Waals surface area (Å²) in [5, 5.41) is 12.8. The number of aliphatic hydroxyl groups excluding tert-OH is 1. The minimum atomic E-state index is -4.25. The van der Waals surface area contributed by atoms with Gasteiger partial charge in [0.2, 0.25) is 0 Å². The second-order valence-corrected chi connectivity index (χ2v) is 9.32. The number of ether oxygens (including phenoxy) is 2. The molecule has 5 atom stereocenters. The fourth-order valence-corrected chi connectivity index (χ4v) is 4.70. The molecule has 0 radical (unpaired) electrons. The molecule has 2 heterocycles. The molecule has 1 saturated heterocycles. The number of hydrogen-bond donors (Lipinski definition) is 3. The van der Waals surface area contributed by atoms with Gasteiger partial charge in [-0.15, -0.1) is 0 Å². The molecule has 1 fully saturated rings. The number of nitrogens with zero attached hydrogens (tertiary/aromatic N) is 1. The molecular weight excluding hydrogens is 476 g/mol. The van der Waals surface area contributed by atoms with Gasteiger partial charge >= 0.3 is 19.4 Å². The van der Waals surface area contributed by atoms with Gasteiger partial charge in [-0.2, -0.15) is 5.09 Å². The van der Waals surface area contributed by atoms with Gasteiger partial charge in [0.25, 0.3) is 5.56 Å². The summed E-state index contributed by atoms with van der Waals surface area (Å²) in [6, 6.07) is 3.51. The number of carbonyl (C=O) groups is 1. The Morgan fingerprint density at radius 3 is 2.71 bits per heavy atom. The third-order valence-electron chi connectivity index (χ3n) is 5.01. The van der Waals surface area contributed by atoms with Gasteiger partial charge in [-0.25, -0.2) is 13.8 Å². The van der Waals surface area contributed by atoms with Crippen LogP contribution in [0.3, 0.4) is 0 Å². The van der Waals surface area contributed by atoms with Gasteiger partial charge in [-0.05, 0) is 38.1 Å². The number of carbonyl (C=O) groups excluding carboxylic acids is 1. The van der Waals surface area contributed by atoms with Crippen LogP contribution in [0.25, 0.3) is 0 Å². The Labute approximate surface area is 193 Å². The van der Waals surface area contributed by atoms with Crippen molar-refractivity contribution in [1.29, 1.82) is 0 Å². The van der Waals surface area contributed by atoms with E-state index in [0.29, 0.717) is 0 Å². The van der Waals surface area contributed by atoms with E-state index in [1.165, 1.54) is 32.2 Å². The maximum absolute atomic E-state index is 13.4. The molecule has 1 aliphatic rings. The molecule has 34 heavy (non-hydrogen) atoms. The molecule has 12 nitrogen and oxygen atoms in total. The van der Waals surface area contributed by atoms with Crippen LogP contribution in [0, 0.1) is 12.7 Å². The zero-order chi connectivity index (χ0) is 25.0. The maximum atomic E-state index is 13.4. The van der Waals surface area contributed by atoms with E-state index in [-0.39, 0.29) is 17.7 Å². The van der Waals surface area contributed by atoms with Crippen LogP contribution < -0.4 is 20.9 Å². The highest BCUT2D eigenvalue weighted by Gasteiger charge is 2.39. The van der Waals surface area contributed by atoms with Gasteiger partial charge < -0.3 is 19.1 Å². The van der Waals surface area contributed by atoms with Crippen LogP contribution in [0.4, 0.5) is 4.39 Å². The summed E-state index contributed by atoms with van der Waals surface area (Å²) >= 11 is 0. The zero-order valence-electron chi connectivity index (χ0n) is 18.6. The van der Waals surface area contributed by atoms with E-state index in [1.807, 2.05) is 0 Å². The largest absolute Gasteiger partial charge is 0.468 e. The van der Waals surface area contributed by atoms with E-state index in [9.17, 15) is 28.4 Å². The molecule has 0 aliphatic carbocycles. The number of halogens is 1. The number of aromatic amines is 1. The van der Waals surface area contributed by atoms with Crippen LogP contribution in [0.2, 0.25) is 0 Å². The highest BCUT2D eigenvalue weighted by Crippen LogP contribution is 2.46. The Balaban J connectivity index is 1.74. The van der Waals surface area contributed by atoms with Gasteiger partial charge in [0.1, 0.15) is 29.9 Å². The number of aromatic nitrogens is 2. The normalized spacial score (nSPS) is 22.7. The predicted octanol–water partition coefficient (Wildman–Crippen LogP) is 0.987. The van der Waals surface area contributed by atoms with Crippen molar-refractivity contribution >= 4 is 13.7 Å². The first kappa shape index (κ1) is 25.8. The molecule has 2 unspecified atom stereocenters. The minimum absolute atomic E-state index is 0.00432. The Kier molecular flexibility index (Phi) is 8.05. The molecule has 0 bridgehead atoms. The number of nitrogens with one attached hydrogen (secondary N) is 2. The molecule has 2 aromatic rings. The number of aryl methyl sites for hydroxylation is 1. The first-order valence-electron chi connectivity index (χ1n) is 10.2. The summed E-state index contributed by atoms with van der Waals surface area (Å²) in [7, 11) is -3.11. The number of methoxy groups -OCH3 is 1. The predicted molar refractivity (Wildman–Crippen MR) is 116 cm³/mol. The van der Waals surface area contributed by atoms with E-state index in [2.05, 4.69) is 14.8 Å². The van der Waals surface area contributed by atoms with E-state index < -0.39 is 61.9 Å². The Hall–Kier alpha value is -2.83. The second-order valence-electron chi connectivity index (χ2n) is 7.62. The molecule has 0 spiro atoms. The second kappa shape index (κ2) is 10.6. The van der Waals surface area contributed by atoms with Gasteiger partial charge in [-0.3, -0.25) is 23.7 Å². The molecule has 186 valence electrons. The first-order valence-corrected chi connectivity index (χ1v) is 11.8. The van der Waals surface area contributed by atoms with Crippen molar-refractivity contribution in [3.05, 3.63) is 62.7 Å². The summed E-state index contributed by atoms with van der Waals surface area (Å²) in [4.78, 5) is 37.7. The summed E-state index contributed by atoms with van der Waals surface area (Å²) in [5.41, 5.74) is -0.979. The average Bonchev–Trinajstić information content (AvgIpc) is 3.16. The molecule has 1 aliphatic heterocycles. The first-order chi connectivity index (χ1) is 16.0. The fraction of sp³-hybridized carbons (Fsp3) is 0.450. The van der Waals surface area contributed by atoms with Gasteiger partial charge in [0.05, 0.1) is 19.8 Å². The third-order valence-corrected chi connectivity index (χ3v) is 6.66. The Morgan fingerprint density at radius 2 is 2.06 bits per heavy atom. The van der Waals surface area contributed by atoms with Gasteiger partial charge in [0.15, 0.2) is 0 Å². The smallest absolute Gasteiger partial charge is 0.459 e. The number of hydrogen-bond acceptors (Lipinski definition) is 9. The minimum Gasteiger partial charge on any atom is -0.468 e. The molecule has 3 N–H and O–H groups in total. The van der Waals surface area contributed by atoms with Crippen molar-refractivity contribution in [3.63, 3.8) is 0 Å². The van der Waals surface area contributed by atoms with E-state index in [1.54, 1.807) is 0 Å². The highest BCUT2D eigenvalue weighted by molar-refractivity contribution is 7.52. The highest BCUT2D eigenvalue weighted by atomic mass is 31.2. The lowest BCUT2D eigenvalue weighted by molar-refractivity contribution is -0.142. The number of aliphatic hydroxyl groups is 1. The van der Waals surface area contributed by atoms with Crippen LogP contribution in [0.15, 0.2) is 40.1 Å². The summed E-state index contributed by atoms with van der Waals surface area (Å²) in [5.74, 6) is -1.29. The molecule has 1 aromatic carbocycles. The van der Waals surface area contributed by atoms with Gasteiger partial charge in [-0.1, -0.05) is 0 Å². The standard InChI is InChI=1S/C20H25FN3O9P/c1-11-9-24(20(28)22-18(11)26)17-8-15(25)16(32-17)10-31-34(29,23-12(2)19(27)30-3)33-14-6-4-13(21)5-7-14/h4-7,9,12,15-17,25H,8,10H2,1-3H3,(H,23,29)(H,22,26,28)/t12-,15?,16+,17+,34?/m0/s1. The fourth-order valence-electron chi connectivity index (χ4n) is 3.20. The Bertz CT molecular complexity index is 1180. The number of esters is 1. The van der Waals surface area contributed by atoms with Crippen LogP contribution in [0.5, 0.6) is 5.75 Å². The number of rotatable bonds is 9. The average molecular weight is 501 g/mol. The van der Waals surface area contributed by atoms with Crippen molar-refractivity contribution in [1.82, 2.24) is 14.6 Å². The number of benzene rings is 1. The van der Waals surface area contributed by atoms with Crippen LogP contribution in [0.1, 0.15) is 25.1 Å². The maximum Gasteiger partial charge on any atom is 0.459 e. The summed E-state index contributed by atoms with van der Waals surface area (Å²) < 4.78 is 48.8. The lowest BCUT2D eigenvalue weighted by Crippen LogP contribution is -2.36. The van der Waals surface area contributed by atoms with Crippen molar-refractivity contribution < 1.29 is 37.4 Å². The molecule has 3 rings (SSSR count). The van der Waals surface area contributed by atoms with E-state index >= 15 is 0 Å². The van der Waals surface area contributed by atoms with Crippen LogP contribution >= 0.6 is 7.75 Å². The molecule has 0 amide bonds. The Morgan fingerprint density at radius 1 is 1.38 bits per heavy atom. The van der Waals surface area contributed by atoms with Crippen LogP contribution in [-0.2, 0) is 23.4 Å². The van der Waals surface area contributed by atoms with Crippen molar-refractivity contribution in [2.24, 2.45) is 0 Å². The van der Waals surface area contributed by atoms with Crippen molar-refractivity contribution in [3.8, 4) is 5.75 Å². The molecule has 0 saturated carbocycles. The lowest BCUT2D eigenvalue weighted by atomic mass is 10.2. The quantitative estimate of drug-likeness (QED) is 0.334. The molecule has 14 heteroatoms.